The Kier molecular flexibility index (Phi) is 4.49. The molecule has 1 heterocycles. The van der Waals surface area contributed by atoms with Gasteiger partial charge in [0, 0.05) is 19.4 Å². The second-order valence-corrected chi connectivity index (χ2v) is 3.80. The molecule has 0 aromatic heterocycles. The summed E-state index contributed by atoms with van der Waals surface area (Å²) < 4.78 is 0. The highest BCUT2D eigenvalue weighted by Crippen LogP contribution is 2.12. The molecule has 0 atom stereocenters. The zero-order valence-corrected chi connectivity index (χ0v) is 9.21. The molecule has 1 rings (SSSR count). The van der Waals surface area contributed by atoms with Crippen LogP contribution in [0.3, 0.4) is 0 Å². The molecule has 4 nitrogen and oxygen atoms in total. The number of nitrogens with one attached hydrogen (secondary N) is 1. The molecule has 15 heavy (non-hydrogen) atoms. The summed E-state index contributed by atoms with van der Waals surface area (Å²) in [5.74, 6) is -0.145. The normalized spacial score (nSPS) is 16.2. The third kappa shape index (κ3) is 3.47. The molecular formula is C11H18N2O2. The minimum atomic E-state index is -0.0726. The van der Waals surface area contributed by atoms with E-state index in [-0.39, 0.29) is 11.8 Å². The first-order valence-electron chi connectivity index (χ1n) is 5.35. The Balaban J connectivity index is 2.31. The van der Waals surface area contributed by atoms with Gasteiger partial charge in [-0.15, -0.1) is 0 Å². The summed E-state index contributed by atoms with van der Waals surface area (Å²) in [6, 6.07) is 0. The quantitative estimate of drug-likeness (QED) is 0.398. The third-order valence-electron chi connectivity index (χ3n) is 2.34. The van der Waals surface area contributed by atoms with Crippen molar-refractivity contribution in [2.45, 2.75) is 26.2 Å². The zero-order valence-electron chi connectivity index (χ0n) is 9.21. The van der Waals surface area contributed by atoms with Crippen LogP contribution in [-0.4, -0.2) is 36.3 Å². The van der Waals surface area contributed by atoms with Crippen LogP contribution in [0.5, 0.6) is 0 Å². The molecule has 2 amide bonds. The minimum Gasteiger partial charge on any atom is -0.313 e. The van der Waals surface area contributed by atoms with Gasteiger partial charge >= 0.3 is 0 Å². The number of amides is 2. The Morgan fingerprint density at radius 2 is 2.00 bits per heavy atom. The molecule has 0 spiro atoms. The fraction of sp³-hybridized carbons (Fsp3) is 0.636. The van der Waals surface area contributed by atoms with Crippen LogP contribution in [0.25, 0.3) is 0 Å². The van der Waals surface area contributed by atoms with Gasteiger partial charge in [0.1, 0.15) is 0 Å². The number of carbonyl (C=O) groups is 2. The third-order valence-corrected chi connectivity index (χ3v) is 2.34. The molecule has 1 fully saturated rings. The highest BCUT2D eigenvalue weighted by molar-refractivity contribution is 6.02. The first kappa shape index (κ1) is 11.9. The van der Waals surface area contributed by atoms with Gasteiger partial charge in [-0.25, -0.2) is 0 Å². The summed E-state index contributed by atoms with van der Waals surface area (Å²) in [5, 5.41) is 3.19. The van der Waals surface area contributed by atoms with Gasteiger partial charge in [0.25, 0.3) is 0 Å². The Hall–Kier alpha value is -1.16. The number of likely N-dealkylation sites (tertiary alicyclic amines) is 1. The van der Waals surface area contributed by atoms with Gasteiger partial charge in [0.05, 0.1) is 6.54 Å². The second kappa shape index (κ2) is 5.66. The summed E-state index contributed by atoms with van der Waals surface area (Å²) in [7, 11) is 0. The van der Waals surface area contributed by atoms with Crippen molar-refractivity contribution in [1.29, 1.82) is 0 Å². The van der Waals surface area contributed by atoms with E-state index in [1.54, 1.807) is 0 Å². The number of imide groups is 1. The van der Waals surface area contributed by atoms with E-state index in [2.05, 4.69) is 18.8 Å². The van der Waals surface area contributed by atoms with E-state index in [9.17, 15) is 9.59 Å². The van der Waals surface area contributed by atoms with E-state index in [4.69, 9.17) is 0 Å². The van der Waals surface area contributed by atoms with Crippen molar-refractivity contribution >= 4 is 11.8 Å². The van der Waals surface area contributed by atoms with Crippen LogP contribution in [0.2, 0.25) is 0 Å². The average molecular weight is 210 g/mol. The lowest BCUT2D eigenvalue weighted by Crippen LogP contribution is -2.33. The number of carbonyl (C=O) groups excluding carboxylic acids is 2. The van der Waals surface area contributed by atoms with Crippen molar-refractivity contribution in [3.05, 3.63) is 12.2 Å². The Morgan fingerprint density at radius 1 is 1.40 bits per heavy atom. The van der Waals surface area contributed by atoms with Crippen LogP contribution >= 0.6 is 0 Å². The zero-order chi connectivity index (χ0) is 11.3. The summed E-state index contributed by atoms with van der Waals surface area (Å²) in [6.45, 7) is 7.91. The lowest BCUT2D eigenvalue weighted by atomic mass is 10.2. The monoisotopic (exact) mass is 210 g/mol. The maximum absolute atomic E-state index is 11.3. The molecule has 4 heteroatoms. The predicted octanol–water partition coefficient (Wildman–Crippen LogP) is 0.691. The van der Waals surface area contributed by atoms with Gasteiger partial charge in [-0.3, -0.25) is 14.5 Å². The molecule has 1 saturated heterocycles. The number of hydrogen-bond donors (Lipinski definition) is 1. The number of hydrogen-bond acceptors (Lipinski definition) is 3. The maximum Gasteiger partial charge on any atom is 0.229 e. The predicted molar refractivity (Wildman–Crippen MR) is 58.3 cm³/mol. The van der Waals surface area contributed by atoms with Crippen LogP contribution in [-0.2, 0) is 9.59 Å². The fourth-order valence-electron chi connectivity index (χ4n) is 1.52. The number of nitrogens with zero attached hydrogens (tertiary/aromatic N) is 1. The molecule has 1 N–H and O–H groups in total. The van der Waals surface area contributed by atoms with Gasteiger partial charge in [-0.05, 0) is 18.5 Å². The topological polar surface area (TPSA) is 49.4 Å². The van der Waals surface area contributed by atoms with E-state index < -0.39 is 0 Å². The molecule has 0 bridgehead atoms. The molecule has 0 saturated carbocycles. The van der Waals surface area contributed by atoms with Gasteiger partial charge < -0.3 is 5.32 Å². The van der Waals surface area contributed by atoms with Crippen molar-refractivity contribution in [3.8, 4) is 0 Å². The summed E-state index contributed by atoms with van der Waals surface area (Å²) in [5.41, 5.74) is 0.882. The summed E-state index contributed by atoms with van der Waals surface area (Å²) in [6.07, 6.45) is 1.78. The standard InChI is InChI=1S/C11H18N2O2/c1-3-6-12-7-9(2)8-13-10(14)4-5-11(13)15/h12H,2-8H2,1H3. The van der Waals surface area contributed by atoms with Crippen molar-refractivity contribution < 1.29 is 9.59 Å². The second-order valence-electron chi connectivity index (χ2n) is 3.80. The van der Waals surface area contributed by atoms with Crippen LogP contribution in [0.4, 0.5) is 0 Å². The Bertz CT molecular complexity index is 258. The molecule has 0 aromatic rings. The van der Waals surface area contributed by atoms with Crippen LogP contribution in [0.15, 0.2) is 12.2 Å². The van der Waals surface area contributed by atoms with E-state index in [1.807, 2.05) is 0 Å². The highest BCUT2D eigenvalue weighted by Gasteiger charge is 2.28. The molecule has 0 radical (unpaired) electrons. The van der Waals surface area contributed by atoms with E-state index in [0.29, 0.717) is 25.9 Å². The molecule has 0 aliphatic carbocycles. The molecule has 1 aliphatic rings. The van der Waals surface area contributed by atoms with Crippen LogP contribution in [0, 0.1) is 0 Å². The Morgan fingerprint density at radius 3 is 2.53 bits per heavy atom. The first-order valence-corrected chi connectivity index (χ1v) is 5.35. The van der Waals surface area contributed by atoms with Crippen LogP contribution < -0.4 is 5.32 Å². The van der Waals surface area contributed by atoms with E-state index in [0.717, 1.165) is 18.5 Å². The van der Waals surface area contributed by atoms with Gasteiger partial charge in [0.2, 0.25) is 11.8 Å². The average Bonchev–Trinajstić information content (AvgIpc) is 2.50. The SMILES string of the molecule is C=C(CNCCC)CN1C(=O)CCC1=O. The molecular weight excluding hydrogens is 192 g/mol. The van der Waals surface area contributed by atoms with Crippen molar-refractivity contribution in [3.63, 3.8) is 0 Å². The van der Waals surface area contributed by atoms with Crippen molar-refractivity contribution in [1.82, 2.24) is 10.2 Å². The Labute approximate surface area is 90.3 Å². The van der Waals surface area contributed by atoms with Crippen LogP contribution in [0.1, 0.15) is 26.2 Å². The van der Waals surface area contributed by atoms with E-state index in [1.165, 1.54) is 4.90 Å². The molecule has 1 aliphatic heterocycles. The van der Waals surface area contributed by atoms with Crippen molar-refractivity contribution in [2.24, 2.45) is 0 Å². The summed E-state index contributed by atoms with van der Waals surface area (Å²) >= 11 is 0. The van der Waals surface area contributed by atoms with Gasteiger partial charge in [0.15, 0.2) is 0 Å². The highest BCUT2D eigenvalue weighted by atomic mass is 16.2. The maximum atomic E-state index is 11.3. The van der Waals surface area contributed by atoms with Gasteiger partial charge in [-0.1, -0.05) is 13.5 Å². The minimum absolute atomic E-state index is 0.0726. The first-order chi connectivity index (χ1) is 7.15. The number of rotatable bonds is 6. The molecule has 0 unspecified atom stereocenters. The van der Waals surface area contributed by atoms with E-state index >= 15 is 0 Å². The fourth-order valence-corrected chi connectivity index (χ4v) is 1.52. The lowest BCUT2D eigenvalue weighted by molar-refractivity contribution is -0.137. The summed E-state index contributed by atoms with van der Waals surface area (Å²) in [4.78, 5) is 23.9. The van der Waals surface area contributed by atoms with Crippen molar-refractivity contribution in [2.75, 3.05) is 19.6 Å². The smallest absolute Gasteiger partial charge is 0.229 e. The lowest BCUT2D eigenvalue weighted by Gasteiger charge is -2.15. The molecule has 0 aromatic carbocycles. The molecule has 84 valence electrons. The largest absolute Gasteiger partial charge is 0.313 e. The van der Waals surface area contributed by atoms with Gasteiger partial charge in [-0.2, -0.15) is 0 Å².